The third kappa shape index (κ3) is 2.82. The Bertz CT molecular complexity index is 1100. The lowest BCUT2D eigenvalue weighted by Gasteiger charge is -2.25. The first-order valence-corrected chi connectivity index (χ1v) is 9.25. The lowest BCUT2D eigenvalue weighted by Crippen LogP contribution is -2.29. The van der Waals surface area contributed by atoms with Crippen LogP contribution in [0.2, 0.25) is 0 Å². The highest BCUT2D eigenvalue weighted by atomic mass is 32.2. The molecule has 2 aromatic heterocycles. The standard InChI is InChI=1S/C19H16N2O5S/c1-10-7-11(22)16-13(26-10)8-12(23)17(18(16)25-2)19-21(15(24)9-27-19)14-5-3-4-6-20-14/h3-8,19,23H,9H2,1-2H3. The third-order valence-corrected chi connectivity index (χ3v) is 5.50. The molecule has 0 saturated carbocycles. The molecule has 0 radical (unpaired) electrons. The van der Waals surface area contributed by atoms with E-state index in [9.17, 15) is 14.7 Å². The molecule has 1 amide bonds. The van der Waals surface area contributed by atoms with Crippen molar-refractivity contribution in [2.75, 3.05) is 17.8 Å². The number of ether oxygens (including phenoxy) is 1. The number of pyridine rings is 1. The van der Waals surface area contributed by atoms with Gasteiger partial charge in [-0.3, -0.25) is 14.5 Å². The molecule has 1 aromatic carbocycles. The predicted octanol–water partition coefficient (Wildman–Crippen LogP) is 2.99. The first-order chi connectivity index (χ1) is 13.0. The topological polar surface area (TPSA) is 92.9 Å². The lowest BCUT2D eigenvalue weighted by atomic mass is 10.1. The minimum absolute atomic E-state index is 0.110. The maximum atomic E-state index is 12.6. The van der Waals surface area contributed by atoms with Gasteiger partial charge in [0.15, 0.2) is 5.43 Å². The Hall–Kier alpha value is -3.00. The van der Waals surface area contributed by atoms with Gasteiger partial charge in [-0.1, -0.05) is 6.07 Å². The highest BCUT2D eigenvalue weighted by Crippen LogP contribution is 2.49. The van der Waals surface area contributed by atoms with Crippen molar-refractivity contribution < 1.29 is 19.1 Å². The van der Waals surface area contributed by atoms with E-state index < -0.39 is 5.37 Å². The van der Waals surface area contributed by atoms with Crippen LogP contribution in [-0.2, 0) is 4.79 Å². The average molecular weight is 384 g/mol. The number of hydrogen-bond donors (Lipinski definition) is 1. The van der Waals surface area contributed by atoms with Crippen LogP contribution in [0.1, 0.15) is 16.7 Å². The number of fused-ring (bicyclic) bond motifs is 1. The summed E-state index contributed by atoms with van der Waals surface area (Å²) in [5.74, 6) is 1.08. The number of carbonyl (C=O) groups excluding carboxylic acids is 1. The fraction of sp³-hybridized carbons (Fsp3) is 0.211. The maximum absolute atomic E-state index is 12.6. The number of phenolic OH excluding ortho intramolecular Hbond substituents is 1. The summed E-state index contributed by atoms with van der Waals surface area (Å²) in [6.45, 7) is 1.66. The summed E-state index contributed by atoms with van der Waals surface area (Å²) in [7, 11) is 1.42. The van der Waals surface area contributed by atoms with E-state index in [0.717, 1.165) is 0 Å². The molecular weight excluding hydrogens is 368 g/mol. The van der Waals surface area contributed by atoms with Gasteiger partial charge >= 0.3 is 0 Å². The van der Waals surface area contributed by atoms with Gasteiger partial charge in [0.1, 0.15) is 39.4 Å². The second-order valence-electron chi connectivity index (χ2n) is 6.05. The number of thioether (sulfide) groups is 1. The van der Waals surface area contributed by atoms with Gasteiger partial charge in [-0.2, -0.15) is 0 Å². The third-order valence-electron chi connectivity index (χ3n) is 4.33. The molecule has 7 nitrogen and oxygen atoms in total. The van der Waals surface area contributed by atoms with Crippen LogP contribution >= 0.6 is 11.8 Å². The Balaban J connectivity index is 1.97. The smallest absolute Gasteiger partial charge is 0.239 e. The van der Waals surface area contributed by atoms with Crippen molar-refractivity contribution in [3.63, 3.8) is 0 Å². The molecule has 8 heteroatoms. The minimum Gasteiger partial charge on any atom is -0.507 e. The number of anilines is 1. The van der Waals surface area contributed by atoms with Gasteiger partial charge in [0.05, 0.1) is 18.4 Å². The zero-order chi connectivity index (χ0) is 19.1. The summed E-state index contributed by atoms with van der Waals surface area (Å²) in [6, 6.07) is 8.02. The van der Waals surface area contributed by atoms with Gasteiger partial charge in [0, 0.05) is 18.3 Å². The summed E-state index contributed by atoms with van der Waals surface area (Å²) >= 11 is 1.33. The molecule has 1 unspecified atom stereocenters. The number of methoxy groups -OCH3 is 1. The molecule has 138 valence electrons. The van der Waals surface area contributed by atoms with Crippen LogP contribution in [0.15, 0.2) is 45.7 Å². The molecule has 3 aromatic rings. The van der Waals surface area contributed by atoms with Crippen LogP contribution in [0.25, 0.3) is 11.0 Å². The zero-order valence-electron chi connectivity index (χ0n) is 14.6. The average Bonchev–Trinajstić information content (AvgIpc) is 3.01. The highest BCUT2D eigenvalue weighted by molar-refractivity contribution is 8.00. The lowest BCUT2D eigenvalue weighted by molar-refractivity contribution is -0.115. The van der Waals surface area contributed by atoms with Crippen LogP contribution in [0.3, 0.4) is 0 Å². The second kappa shape index (κ2) is 6.62. The monoisotopic (exact) mass is 384 g/mol. The van der Waals surface area contributed by atoms with Crippen molar-refractivity contribution in [3.05, 3.63) is 58.1 Å². The SMILES string of the molecule is COc1c(C2SCC(=O)N2c2ccccn2)c(O)cc2oc(C)cc(=O)c12. The van der Waals surface area contributed by atoms with E-state index in [1.54, 1.807) is 31.3 Å². The van der Waals surface area contributed by atoms with Gasteiger partial charge in [0.25, 0.3) is 0 Å². The summed E-state index contributed by atoms with van der Waals surface area (Å²) in [5.41, 5.74) is 0.310. The molecule has 1 saturated heterocycles. The molecule has 1 atom stereocenters. The van der Waals surface area contributed by atoms with Gasteiger partial charge in [0.2, 0.25) is 5.91 Å². The number of aromatic nitrogens is 1. The molecule has 4 rings (SSSR count). The maximum Gasteiger partial charge on any atom is 0.239 e. The molecule has 27 heavy (non-hydrogen) atoms. The molecule has 1 aliphatic heterocycles. The fourth-order valence-electron chi connectivity index (χ4n) is 3.24. The van der Waals surface area contributed by atoms with Crippen molar-refractivity contribution >= 4 is 34.5 Å². The minimum atomic E-state index is -0.576. The van der Waals surface area contributed by atoms with Gasteiger partial charge in [-0.05, 0) is 19.1 Å². The second-order valence-corrected chi connectivity index (χ2v) is 7.12. The Morgan fingerprint density at radius 3 is 2.85 bits per heavy atom. The number of hydrogen-bond acceptors (Lipinski definition) is 7. The molecule has 1 N–H and O–H groups in total. The van der Waals surface area contributed by atoms with E-state index in [4.69, 9.17) is 9.15 Å². The van der Waals surface area contributed by atoms with E-state index in [1.807, 2.05) is 0 Å². The molecular formula is C19H16N2O5S. The van der Waals surface area contributed by atoms with Crippen LogP contribution < -0.4 is 15.1 Å². The Morgan fingerprint density at radius 2 is 2.15 bits per heavy atom. The fourth-order valence-corrected chi connectivity index (χ4v) is 4.45. The quantitative estimate of drug-likeness (QED) is 0.742. The first kappa shape index (κ1) is 17.4. The van der Waals surface area contributed by atoms with Gasteiger partial charge in [-0.25, -0.2) is 4.98 Å². The number of benzene rings is 1. The van der Waals surface area contributed by atoms with Gasteiger partial charge in [-0.15, -0.1) is 11.8 Å². The van der Waals surface area contributed by atoms with E-state index in [2.05, 4.69) is 4.98 Å². The number of phenols is 1. The molecule has 0 spiro atoms. The first-order valence-electron chi connectivity index (χ1n) is 8.20. The van der Waals surface area contributed by atoms with E-state index in [1.165, 1.54) is 35.9 Å². The number of rotatable bonds is 3. The largest absolute Gasteiger partial charge is 0.507 e. The van der Waals surface area contributed by atoms with Gasteiger partial charge < -0.3 is 14.3 Å². The predicted molar refractivity (Wildman–Crippen MR) is 102 cm³/mol. The van der Waals surface area contributed by atoms with Crippen LogP contribution in [0.4, 0.5) is 5.82 Å². The summed E-state index contributed by atoms with van der Waals surface area (Å²) in [6.07, 6.45) is 1.59. The Labute approximate surface area is 158 Å². The zero-order valence-corrected chi connectivity index (χ0v) is 15.4. The number of aryl methyl sites for hydroxylation is 1. The van der Waals surface area contributed by atoms with Crippen molar-refractivity contribution in [2.24, 2.45) is 0 Å². The van der Waals surface area contributed by atoms with Crippen LogP contribution in [0, 0.1) is 6.92 Å². The van der Waals surface area contributed by atoms with Crippen molar-refractivity contribution in [3.8, 4) is 11.5 Å². The van der Waals surface area contributed by atoms with Crippen molar-refractivity contribution in [2.45, 2.75) is 12.3 Å². The van der Waals surface area contributed by atoms with E-state index in [0.29, 0.717) is 17.1 Å². The molecule has 0 bridgehead atoms. The molecule has 1 aliphatic rings. The van der Waals surface area contributed by atoms with E-state index in [-0.39, 0.29) is 39.6 Å². The van der Waals surface area contributed by atoms with Crippen LogP contribution in [-0.4, -0.2) is 28.9 Å². The van der Waals surface area contributed by atoms with Crippen LogP contribution in [0.5, 0.6) is 11.5 Å². The Kier molecular flexibility index (Phi) is 4.27. The molecule has 1 fully saturated rings. The summed E-state index contributed by atoms with van der Waals surface area (Å²) in [4.78, 5) is 30.8. The normalized spacial score (nSPS) is 16.9. The molecule has 0 aliphatic carbocycles. The molecule has 3 heterocycles. The van der Waals surface area contributed by atoms with Crippen molar-refractivity contribution in [1.29, 1.82) is 0 Å². The number of amides is 1. The van der Waals surface area contributed by atoms with Crippen molar-refractivity contribution in [1.82, 2.24) is 4.98 Å². The highest BCUT2D eigenvalue weighted by Gasteiger charge is 2.39. The van der Waals surface area contributed by atoms with E-state index >= 15 is 0 Å². The Morgan fingerprint density at radius 1 is 1.33 bits per heavy atom. The number of carbonyl (C=O) groups is 1. The number of nitrogens with zero attached hydrogens (tertiary/aromatic N) is 2. The number of aromatic hydroxyl groups is 1. The summed E-state index contributed by atoms with van der Waals surface area (Å²) in [5, 5.41) is 10.4. The summed E-state index contributed by atoms with van der Waals surface area (Å²) < 4.78 is 11.1.